The monoisotopic (exact) mass is 410 g/mol. The lowest BCUT2D eigenvalue weighted by molar-refractivity contribution is 0.102. The van der Waals surface area contributed by atoms with Gasteiger partial charge in [-0.15, -0.1) is 0 Å². The molecule has 0 unspecified atom stereocenters. The number of hydrogen-bond donors (Lipinski definition) is 1. The molecule has 1 amide bonds. The fourth-order valence-electron chi connectivity index (χ4n) is 2.89. The quantitative estimate of drug-likeness (QED) is 0.664. The summed E-state index contributed by atoms with van der Waals surface area (Å²) >= 11 is 0. The molecule has 0 fully saturated rings. The van der Waals surface area contributed by atoms with Gasteiger partial charge in [-0.3, -0.25) is 4.79 Å². The Hall–Kier alpha value is -3.55. The Kier molecular flexibility index (Phi) is 5.96. The van der Waals surface area contributed by atoms with Gasteiger partial charge in [-0.2, -0.15) is 9.78 Å². The van der Waals surface area contributed by atoms with Gasteiger partial charge in [0.2, 0.25) is 5.75 Å². The fourth-order valence-corrected chi connectivity index (χ4v) is 2.89. The second kappa shape index (κ2) is 8.44. The standard InChI is InChI=1S/C22H26N4O4/c1-22(2,3)17-13-19(26(25-17)18-9-7-8-10-23-18)24-21(27)14-11-15(28-4)20(30-6)16(12-14)29-5/h7-13H,1-6H3,(H,24,27). The van der Waals surface area contributed by atoms with Gasteiger partial charge in [-0.1, -0.05) is 26.8 Å². The molecule has 0 saturated carbocycles. The van der Waals surface area contributed by atoms with Crippen molar-refractivity contribution in [2.45, 2.75) is 26.2 Å². The lowest BCUT2D eigenvalue weighted by atomic mass is 9.92. The number of hydrogen-bond acceptors (Lipinski definition) is 6. The summed E-state index contributed by atoms with van der Waals surface area (Å²) in [6.07, 6.45) is 1.68. The first-order valence-corrected chi connectivity index (χ1v) is 9.41. The van der Waals surface area contributed by atoms with Crippen LogP contribution in [-0.4, -0.2) is 42.0 Å². The summed E-state index contributed by atoms with van der Waals surface area (Å²) in [5.74, 6) is 1.99. The minimum absolute atomic E-state index is 0.202. The summed E-state index contributed by atoms with van der Waals surface area (Å²) in [5, 5.41) is 7.59. The maximum Gasteiger partial charge on any atom is 0.257 e. The summed E-state index contributed by atoms with van der Waals surface area (Å²) in [4.78, 5) is 17.4. The van der Waals surface area contributed by atoms with E-state index in [-0.39, 0.29) is 11.3 Å². The molecule has 2 aromatic heterocycles. The smallest absolute Gasteiger partial charge is 0.257 e. The molecular formula is C22H26N4O4. The number of benzene rings is 1. The highest BCUT2D eigenvalue weighted by Crippen LogP contribution is 2.38. The summed E-state index contributed by atoms with van der Waals surface area (Å²) in [6.45, 7) is 6.18. The van der Waals surface area contributed by atoms with Crippen molar-refractivity contribution < 1.29 is 19.0 Å². The molecule has 1 aromatic carbocycles. The van der Waals surface area contributed by atoms with Crippen LogP contribution in [0.5, 0.6) is 17.2 Å². The molecule has 2 heterocycles. The minimum atomic E-state index is -0.341. The Bertz CT molecular complexity index is 1010. The van der Waals surface area contributed by atoms with Crippen molar-refractivity contribution in [2.75, 3.05) is 26.6 Å². The van der Waals surface area contributed by atoms with E-state index in [4.69, 9.17) is 14.2 Å². The molecule has 8 heteroatoms. The van der Waals surface area contributed by atoms with E-state index in [1.807, 2.05) is 24.3 Å². The summed E-state index contributed by atoms with van der Waals surface area (Å²) in [6, 6.07) is 10.6. The van der Waals surface area contributed by atoms with Gasteiger partial charge >= 0.3 is 0 Å². The maximum absolute atomic E-state index is 13.1. The SMILES string of the molecule is COc1cc(C(=O)Nc2cc(C(C)(C)C)nn2-c2ccccn2)cc(OC)c1OC. The van der Waals surface area contributed by atoms with Crippen LogP contribution >= 0.6 is 0 Å². The zero-order chi connectivity index (χ0) is 21.9. The van der Waals surface area contributed by atoms with Crippen LogP contribution in [0.2, 0.25) is 0 Å². The highest BCUT2D eigenvalue weighted by atomic mass is 16.5. The Balaban J connectivity index is 2.02. The molecule has 0 saturated heterocycles. The van der Waals surface area contributed by atoms with Crippen molar-refractivity contribution in [1.29, 1.82) is 0 Å². The van der Waals surface area contributed by atoms with E-state index in [1.165, 1.54) is 21.3 Å². The number of carbonyl (C=O) groups is 1. The van der Waals surface area contributed by atoms with E-state index in [1.54, 1.807) is 23.0 Å². The first-order valence-electron chi connectivity index (χ1n) is 9.41. The molecule has 0 spiro atoms. The first-order chi connectivity index (χ1) is 14.3. The van der Waals surface area contributed by atoms with Crippen molar-refractivity contribution in [1.82, 2.24) is 14.8 Å². The van der Waals surface area contributed by atoms with Gasteiger partial charge in [0.1, 0.15) is 5.82 Å². The minimum Gasteiger partial charge on any atom is -0.493 e. The first kappa shape index (κ1) is 21.2. The largest absolute Gasteiger partial charge is 0.493 e. The molecule has 0 bridgehead atoms. The van der Waals surface area contributed by atoms with Crippen LogP contribution in [0.4, 0.5) is 5.82 Å². The van der Waals surface area contributed by atoms with Gasteiger partial charge in [-0.25, -0.2) is 4.98 Å². The average molecular weight is 410 g/mol. The number of ether oxygens (including phenoxy) is 3. The van der Waals surface area contributed by atoms with E-state index in [0.717, 1.165) is 5.69 Å². The number of nitrogens with one attached hydrogen (secondary N) is 1. The lowest BCUT2D eigenvalue weighted by Gasteiger charge is -2.14. The third-order valence-electron chi connectivity index (χ3n) is 4.51. The molecule has 158 valence electrons. The zero-order valence-corrected chi connectivity index (χ0v) is 18.0. The molecule has 3 rings (SSSR count). The molecule has 30 heavy (non-hydrogen) atoms. The van der Waals surface area contributed by atoms with E-state index in [2.05, 4.69) is 36.2 Å². The number of aromatic nitrogens is 3. The van der Waals surface area contributed by atoms with Crippen LogP contribution in [0.15, 0.2) is 42.6 Å². The Morgan fingerprint density at radius 3 is 2.17 bits per heavy atom. The van der Waals surface area contributed by atoms with Gasteiger partial charge in [0.15, 0.2) is 17.3 Å². The highest BCUT2D eigenvalue weighted by molar-refractivity contribution is 6.04. The predicted molar refractivity (Wildman–Crippen MR) is 114 cm³/mol. The van der Waals surface area contributed by atoms with Crippen molar-refractivity contribution in [2.24, 2.45) is 0 Å². The highest BCUT2D eigenvalue weighted by Gasteiger charge is 2.23. The van der Waals surface area contributed by atoms with Crippen molar-refractivity contribution >= 4 is 11.7 Å². The molecule has 8 nitrogen and oxygen atoms in total. The number of nitrogens with zero attached hydrogens (tertiary/aromatic N) is 3. The summed E-state index contributed by atoms with van der Waals surface area (Å²) in [5.41, 5.74) is 0.982. The third-order valence-corrected chi connectivity index (χ3v) is 4.51. The zero-order valence-electron chi connectivity index (χ0n) is 18.0. The number of pyridine rings is 1. The maximum atomic E-state index is 13.1. The van der Waals surface area contributed by atoms with E-state index < -0.39 is 0 Å². The normalized spacial score (nSPS) is 11.1. The Morgan fingerprint density at radius 1 is 1.00 bits per heavy atom. The second-order valence-electron chi connectivity index (χ2n) is 7.63. The van der Waals surface area contributed by atoms with E-state index >= 15 is 0 Å². The molecule has 1 N–H and O–H groups in total. The Morgan fingerprint density at radius 2 is 1.67 bits per heavy atom. The van der Waals surface area contributed by atoms with Crippen LogP contribution < -0.4 is 19.5 Å². The van der Waals surface area contributed by atoms with Crippen LogP contribution in [0.1, 0.15) is 36.8 Å². The van der Waals surface area contributed by atoms with E-state index in [9.17, 15) is 4.79 Å². The predicted octanol–water partition coefficient (Wildman–Crippen LogP) is 3.84. The van der Waals surface area contributed by atoms with Crippen LogP contribution in [-0.2, 0) is 5.41 Å². The van der Waals surface area contributed by atoms with Crippen LogP contribution in [0.3, 0.4) is 0 Å². The van der Waals surface area contributed by atoms with Gasteiger partial charge in [0.25, 0.3) is 5.91 Å². The molecule has 0 aliphatic carbocycles. The van der Waals surface area contributed by atoms with E-state index in [0.29, 0.717) is 34.4 Å². The van der Waals surface area contributed by atoms with Gasteiger partial charge in [-0.05, 0) is 24.3 Å². The average Bonchev–Trinajstić information content (AvgIpc) is 3.17. The number of amides is 1. The lowest BCUT2D eigenvalue weighted by Crippen LogP contribution is -2.16. The summed E-state index contributed by atoms with van der Waals surface area (Å²) in [7, 11) is 4.52. The molecule has 3 aromatic rings. The number of carbonyl (C=O) groups excluding carboxylic acids is 1. The topological polar surface area (TPSA) is 87.5 Å². The molecular weight excluding hydrogens is 384 g/mol. The van der Waals surface area contributed by atoms with Crippen molar-refractivity contribution in [3.63, 3.8) is 0 Å². The number of anilines is 1. The number of methoxy groups -OCH3 is 3. The molecule has 0 aliphatic heterocycles. The van der Waals surface area contributed by atoms with Gasteiger partial charge in [0, 0.05) is 23.2 Å². The molecule has 0 atom stereocenters. The van der Waals surface area contributed by atoms with Crippen molar-refractivity contribution in [3.05, 3.63) is 53.9 Å². The molecule has 0 aliphatic rings. The summed E-state index contributed by atoms with van der Waals surface area (Å²) < 4.78 is 17.6. The fraction of sp³-hybridized carbons (Fsp3) is 0.318. The van der Waals surface area contributed by atoms with Crippen molar-refractivity contribution in [3.8, 4) is 23.1 Å². The third kappa shape index (κ3) is 4.22. The van der Waals surface area contributed by atoms with Crippen LogP contribution in [0.25, 0.3) is 5.82 Å². The Labute approximate surface area is 175 Å². The van der Waals surface area contributed by atoms with Gasteiger partial charge in [0.05, 0.1) is 27.0 Å². The van der Waals surface area contributed by atoms with Gasteiger partial charge < -0.3 is 19.5 Å². The number of rotatable bonds is 6. The van der Waals surface area contributed by atoms with Crippen LogP contribution in [0, 0.1) is 0 Å². The second-order valence-corrected chi connectivity index (χ2v) is 7.63. The molecule has 0 radical (unpaired) electrons.